The third kappa shape index (κ3) is 5.86. The van der Waals surface area contributed by atoms with Crippen LogP contribution in [0.1, 0.15) is 0 Å². The van der Waals surface area contributed by atoms with Crippen LogP contribution in [0.5, 0.6) is 0 Å². The molecule has 316 valence electrons. The van der Waals surface area contributed by atoms with E-state index in [2.05, 4.69) is 211 Å². The molecule has 0 saturated heterocycles. The smallest absolute Gasteiger partial charge is 0.164 e. The Hall–Kier alpha value is -8.07. The molecule has 0 aliphatic carbocycles. The van der Waals surface area contributed by atoms with Gasteiger partial charge >= 0.3 is 0 Å². The Morgan fingerprint density at radius 1 is 0.279 bits per heavy atom. The van der Waals surface area contributed by atoms with Crippen LogP contribution in [0.25, 0.3) is 144 Å². The SMILES string of the molecule is c1ccc2cc3c(cc2c1)c1ccccc1n3-c1ccc(-c2nc(-c3ccc4sc5ccccc5c4c3)nc(-c3ccc4sc5ccccc5c4c3)n2)cc1-c1ccc2c(c1)sc1ccccc12. The zero-order valence-electron chi connectivity index (χ0n) is 36.1. The van der Waals surface area contributed by atoms with Crippen LogP contribution in [0.15, 0.2) is 206 Å². The van der Waals surface area contributed by atoms with E-state index in [1.807, 2.05) is 34.0 Å². The predicted molar refractivity (Wildman–Crippen MR) is 292 cm³/mol. The van der Waals surface area contributed by atoms with E-state index in [0.717, 1.165) is 39.0 Å². The molecule has 4 nitrogen and oxygen atoms in total. The lowest BCUT2D eigenvalue weighted by atomic mass is 9.98. The fraction of sp³-hybridized carbons (Fsp3) is 0. The van der Waals surface area contributed by atoms with Gasteiger partial charge in [0.2, 0.25) is 0 Å². The van der Waals surface area contributed by atoms with Gasteiger partial charge < -0.3 is 4.57 Å². The van der Waals surface area contributed by atoms with Crippen LogP contribution >= 0.6 is 34.0 Å². The number of rotatable bonds is 5. The monoisotopic (exact) mass is 918 g/mol. The van der Waals surface area contributed by atoms with E-state index in [-0.39, 0.29) is 0 Å². The average Bonchev–Trinajstić information content (AvgIpc) is 4.16. The minimum atomic E-state index is 0.625. The Morgan fingerprint density at radius 2 is 0.735 bits per heavy atom. The van der Waals surface area contributed by atoms with Crippen molar-refractivity contribution in [2.75, 3.05) is 0 Å². The quantitative estimate of drug-likeness (QED) is 0.173. The molecule has 68 heavy (non-hydrogen) atoms. The number of hydrogen-bond acceptors (Lipinski definition) is 6. The molecule has 0 bridgehead atoms. The molecule has 5 aromatic heterocycles. The molecule has 0 fully saturated rings. The fourth-order valence-electron chi connectivity index (χ4n) is 10.4. The maximum absolute atomic E-state index is 5.39. The minimum Gasteiger partial charge on any atom is -0.309 e. The minimum absolute atomic E-state index is 0.625. The molecular weight excluding hydrogens is 885 g/mol. The van der Waals surface area contributed by atoms with Crippen LogP contribution in [0.3, 0.4) is 0 Å². The summed E-state index contributed by atoms with van der Waals surface area (Å²) in [6, 6.07) is 75.2. The molecule has 0 aliphatic rings. The van der Waals surface area contributed by atoms with Gasteiger partial charge in [-0.1, -0.05) is 109 Å². The Labute approximate surface area is 401 Å². The van der Waals surface area contributed by atoms with Gasteiger partial charge in [0.25, 0.3) is 0 Å². The van der Waals surface area contributed by atoms with Crippen molar-refractivity contribution in [1.82, 2.24) is 19.5 Å². The molecule has 0 amide bonds. The van der Waals surface area contributed by atoms with E-state index in [0.29, 0.717) is 17.5 Å². The summed E-state index contributed by atoms with van der Waals surface area (Å²) >= 11 is 5.48. The zero-order chi connectivity index (χ0) is 44.5. The standard InChI is InChI=1S/C61H34N4S3/c1-2-12-36-33-52-47(29-35(36)11-1)41-13-3-7-17-50(41)65(52)51-26-22-38(30-46(51)37-21-25-45-42-14-4-8-18-53(42)68-58(45)34-37)59-62-60(39-23-27-56-48(31-39)43-15-5-9-19-54(43)66-56)64-61(63-59)40-24-28-57-49(32-40)44-16-6-10-20-55(44)67-57/h1-34H. The van der Waals surface area contributed by atoms with Gasteiger partial charge in [0.1, 0.15) is 0 Å². The van der Waals surface area contributed by atoms with E-state index >= 15 is 0 Å². The summed E-state index contributed by atoms with van der Waals surface area (Å²) in [4.78, 5) is 16.1. The summed E-state index contributed by atoms with van der Waals surface area (Å²) in [6.45, 7) is 0. The molecular formula is C61H34N4S3. The van der Waals surface area contributed by atoms with E-state index in [1.165, 1.54) is 87.6 Å². The molecule has 0 saturated carbocycles. The Kier molecular flexibility index (Phi) is 8.24. The van der Waals surface area contributed by atoms with E-state index in [4.69, 9.17) is 15.0 Å². The van der Waals surface area contributed by atoms with Crippen LogP contribution in [-0.4, -0.2) is 19.5 Å². The maximum Gasteiger partial charge on any atom is 0.164 e. The number of para-hydroxylation sites is 1. The molecule has 0 aliphatic heterocycles. The van der Waals surface area contributed by atoms with Crippen molar-refractivity contribution < 1.29 is 0 Å². The van der Waals surface area contributed by atoms with Crippen molar-refractivity contribution in [2.24, 2.45) is 0 Å². The summed E-state index contributed by atoms with van der Waals surface area (Å²) < 4.78 is 10.0. The lowest BCUT2D eigenvalue weighted by Gasteiger charge is -2.16. The van der Waals surface area contributed by atoms with Crippen molar-refractivity contribution in [3.63, 3.8) is 0 Å². The summed E-state index contributed by atoms with van der Waals surface area (Å²) in [5, 5.41) is 12.4. The van der Waals surface area contributed by atoms with Gasteiger partial charge in [-0.3, -0.25) is 0 Å². The molecule has 0 N–H and O–H groups in total. The highest BCUT2D eigenvalue weighted by Crippen LogP contribution is 2.43. The highest BCUT2D eigenvalue weighted by Gasteiger charge is 2.21. The van der Waals surface area contributed by atoms with Crippen molar-refractivity contribution in [2.45, 2.75) is 0 Å². The first-order valence-corrected chi connectivity index (χ1v) is 25.2. The van der Waals surface area contributed by atoms with Gasteiger partial charge in [-0.25, -0.2) is 15.0 Å². The number of nitrogens with zero attached hydrogens (tertiary/aromatic N) is 4. The number of aromatic nitrogens is 4. The summed E-state index contributed by atoms with van der Waals surface area (Å²) in [7, 11) is 0. The lowest BCUT2D eigenvalue weighted by Crippen LogP contribution is -2.02. The molecule has 10 aromatic carbocycles. The fourth-order valence-corrected chi connectivity index (χ4v) is 13.7. The van der Waals surface area contributed by atoms with Gasteiger partial charge in [-0.05, 0) is 113 Å². The van der Waals surface area contributed by atoms with E-state index in [1.54, 1.807) is 0 Å². The number of hydrogen-bond donors (Lipinski definition) is 0. The first kappa shape index (κ1) is 38.1. The third-order valence-corrected chi connectivity index (χ3v) is 17.1. The topological polar surface area (TPSA) is 43.6 Å². The summed E-state index contributed by atoms with van der Waals surface area (Å²) in [5.41, 5.74) is 8.47. The second kappa shape index (κ2) is 14.7. The van der Waals surface area contributed by atoms with Crippen LogP contribution in [0.4, 0.5) is 0 Å². The van der Waals surface area contributed by atoms with E-state index < -0.39 is 0 Å². The molecule has 15 aromatic rings. The van der Waals surface area contributed by atoms with Gasteiger partial charge in [0.05, 0.1) is 16.7 Å². The van der Waals surface area contributed by atoms with Crippen molar-refractivity contribution in [3.8, 4) is 51.0 Å². The zero-order valence-corrected chi connectivity index (χ0v) is 38.6. The average molecular weight is 919 g/mol. The molecule has 0 spiro atoms. The molecule has 0 atom stereocenters. The molecule has 0 radical (unpaired) electrons. The maximum atomic E-state index is 5.39. The lowest BCUT2D eigenvalue weighted by molar-refractivity contribution is 1.07. The highest BCUT2D eigenvalue weighted by molar-refractivity contribution is 7.26. The van der Waals surface area contributed by atoms with Crippen LogP contribution < -0.4 is 0 Å². The van der Waals surface area contributed by atoms with Crippen LogP contribution in [0.2, 0.25) is 0 Å². The van der Waals surface area contributed by atoms with Crippen molar-refractivity contribution in [3.05, 3.63) is 206 Å². The van der Waals surface area contributed by atoms with Gasteiger partial charge in [0, 0.05) is 93.5 Å². The van der Waals surface area contributed by atoms with Crippen molar-refractivity contribution >= 4 is 127 Å². The highest BCUT2D eigenvalue weighted by atomic mass is 32.1. The van der Waals surface area contributed by atoms with Crippen LogP contribution in [0, 0.1) is 0 Å². The second-order valence-electron chi connectivity index (χ2n) is 17.5. The molecule has 15 rings (SSSR count). The van der Waals surface area contributed by atoms with Gasteiger partial charge in [0.15, 0.2) is 17.5 Å². The Balaban J connectivity index is 0.990. The molecule has 7 heteroatoms. The molecule has 0 unspecified atom stereocenters. The Bertz CT molecular complexity index is 4460. The number of fused-ring (bicyclic) bond motifs is 13. The van der Waals surface area contributed by atoms with Crippen molar-refractivity contribution in [1.29, 1.82) is 0 Å². The first-order chi connectivity index (χ1) is 33.6. The van der Waals surface area contributed by atoms with Crippen LogP contribution in [-0.2, 0) is 0 Å². The van der Waals surface area contributed by atoms with Gasteiger partial charge in [-0.2, -0.15) is 0 Å². The van der Waals surface area contributed by atoms with Gasteiger partial charge in [-0.15, -0.1) is 34.0 Å². The number of thiophene rings is 3. The predicted octanol–water partition coefficient (Wildman–Crippen LogP) is 17.9. The third-order valence-electron chi connectivity index (χ3n) is 13.6. The number of benzene rings is 10. The summed E-state index contributed by atoms with van der Waals surface area (Å²) in [5.74, 6) is 1.91. The molecule has 5 heterocycles. The first-order valence-electron chi connectivity index (χ1n) is 22.7. The Morgan fingerprint density at radius 3 is 1.37 bits per heavy atom. The van der Waals surface area contributed by atoms with E-state index in [9.17, 15) is 0 Å². The largest absolute Gasteiger partial charge is 0.309 e. The summed E-state index contributed by atoms with van der Waals surface area (Å²) in [6.07, 6.45) is 0. The second-order valence-corrected chi connectivity index (χ2v) is 20.8. The normalized spacial score (nSPS) is 12.1.